The molecule has 0 radical (unpaired) electrons. The summed E-state index contributed by atoms with van der Waals surface area (Å²) in [5, 5.41) is 4.17. The number of carbonyl (C=O) groups is 1. The van der Waals surface area contributed by atoms with Crippen LogP contribution in [0.1, 0.15) is 69.8 Å². The normalized spacial score (nSPS) is 20.5. The summed E-state index contributed by atoms with van der Waals surface area (Å²) in [5.41, 5.74) is 8.52. The molecular weight excluding hydrogens is 348 g/mol. The van der Waals surface area contributed by atoms with E-state index in [9.17, 15) is 4.79 Å². The molecule has 0 aliphatic heterocycles. The van der Waals surface area contributed by atoms with E-state index in [0.717, 1.165) is 16.6 Å². The second-order valence-electron chi connectivity index (χ2n) is 8.88. The summed E-state index contributed by atoms with van der Waals surface area (Å²) in [7, 11) is 0. The minimum Gasteiger partial charge on any atom is -0.351 e. The van der Waals surface area contributed by atoms with Crippen molar-refractivity contribution in [3.8, 4) is 0 Å². The van der Waals surface area contributed by atoms with Crippen molar-refractivity contribution in [3.63, 3.8) is 0 Å². The molecule has 28 heavy (non-hydrogen) atoms. The second-order valence-corrected chi connectivity index (χ2v) is 8.88. The molecule has 5 heteroatoms. The van der Waals surface area contributed by atoms with Crippen LogP contribution in [-0.2, 0) is 11.3 Å². The number of aromatic amines is 1. The third-order valence-corrected chi connectivity index (χ3v) is 7.03. The lowest BCUT2D eigenvalue weighted by molar-refractivity contribution is -0.125. The zero-order valence-electron chi connectivity index (χ0n) is 16.8. The van der Waals surface area contributed by atoms with Crippen LogP contribution in [0.2, 0.25) is 0 Å². The number of rotatable bonds is 6. The molecule has 1 atom stereocenters. The zero-order chi connectivity index (χ0) is 19.3. The number of carbonyl (C=O) groups excluding carboxylic acids is 1. The van der Waals surface area contributed by atoms with E-state index in [1.807, 2.05) is 18.5 Å². The van der Waals surface area contributed by atoms with Gasteiger partial charge in [0.25, 0.3) is 0 Å². The van der Waals surface area contributed by atoms with Crippen molar-refractivity contribution in [2.45, 2.75) is 76.8 Å². The monoisotopic (exact) mass is 382 g/mol. The average Bonchev–Trinajstić information content (AvgIpc) is 3.21. The third kappa shape index (κ3) is 4.40. The number of nitrogens with two attached hydrogens (primary N) is 1. The fraction of sp³-hybridized carbons (Fsp3) is 0.652. The topological polar surface area (TPSA) is 83.8 Å². The van der Waals surface area contributed by atoms with Gasteiger partial charge in [0, 0.05) is 24.3 Å². The molecule has 0 unspecified atom stereocenters. The Morgan fingerprint density at radius 2 is 1.75 bits per heavy atom. The maximum atomic E-state index is 13.0. The predicted molar refractivity (Wildman–Crippen MR) is 113 cm³/mol. The summed E-state index contributed by atoms with van der Waals surface area (Å²) < 4.78 is 0. The van der Waals surface area contributed by atoms with E-state index >= 15 is 0 Å². The van der Waals surface area contributed by atoms with Crippen LogP contribution in [0.3, 0.4) is 0 Å². The average molecular weight is 383 g/mol. The summed E-state index contributed by atoms with van der Waals surface area (Å²) in [6.07, 6.45) is 16.6. The van der Waals surface area contributed by atoms with E-state index in [2.05, 4.69) is 21.4 Å². The number of H-pyrrole nitrogens is 1. The van der Waals surface area contributed by atoms with Gasteiger partial charge in [-0.1, -0.05) is 64.2 Å². The molecular formula is C23H34N4O. The molecule has 0 saturated heterocycles. The summed E-state index contributed by atoms with van der Waals surface area (Å²) in [6, 6.07) is 3.68. The van der Waals surface area contributed by atoms with Gasteiger partial charge in [0.15, 0.2) is 0 Å². The van der Waals surface area contributed by atoms with E-state index in [1.165, 1.54) is 64.2 Å². The van der Waals surface area contributed by atoms with Crippen molar-refractivity contribution < 1.29 is 4.79 Å². The molecule has 2 heterocycles. The molecule has 0 aromatic carbocycles. The largest absolute Gasteiger partial charge is 0.351 e. The van der Waals surface area contributed by atoms with Crippen LogP contribution < -0.4 is 11.1 Å². The zero-order valence-corrected chi connectivity index (χ0v) is 16.8. The van der Waals surface area contributed by atoms with Gasteiger partial charge in [0.2, 0.25) is 5.91 Å². The van der Waals surface area contributed by atoms with Gasteiger partial charge in [-0.25, -0.2) is 4.98 Å². The smallest absolute Gasteiger partial charge is 0.237 e. The van der Waals surface area contributed by atoms with Crippen molar-refractivity contribution in [1.29, 1.82) is 0 Å². The number of aromatic nitrogens is 2. The Morgan fingerprint density at radius 1 is 1.11 bits per heavy atom. The Hall–Kier alpha value is -1.88. The quantitative estimate of drug-likeness (QED) is 0.697. The molecule has 0 bridgehead atoms. The molecule has 152 valence electrons. The molecule has 2 fully saturated rings. The Labute approximate surface area is 167 Å². The first kappa shape index (κ1) is 19.4. The van der Waals surface area contributed by atoms with Crippen LogP contribution in [-0.4, -0.2) is 21.9 Å². The van der Waals surface area contributed by atoms with E-state index in [4.69, 9.17) is 5.73 Å². The Kier molecular flexibility index (Phi) is 6.30. The van der Waals surface area contributed by atoms with Crippen molar-refractivity contribution in [1.82, 2.24) is 15.3 Å². The maximum absolute atomic E-state index is 13.0. The number of nitrogens with zero attached hydrogens (tertiary/aromatic N) is 1. The second kappa shape index (κ2) is 9.08. The SMILES string of the molecule is N[C@@H](C(=O)NCc1cnc2[nH]ccc2c1)C(C1CCCCC1)C1CCCCC1. The fourth-order valence-electron chi connectivity index (χ4n) is 5.57. The summed E-state index contributed by atoms with van der Waals surface area (Å²) >= 11 is 0. The van der Waals surface area contributed by atoms with Crippen LogP contribution in [0, 0.1) is 17.8 Å². The van der Waals surface area contributed by atoms with Crippen molar-refractivity contribution in [2.24, 2.45) is 23.5 Å². The first-order valence-corrected chi connectivity index (χ1v) is 11.2. The van der Waals surface area contributed by atoms with E-state index < -0.39 is 6.04 Å². The van der Waals surface area contributed by atoms with E-state index in [-0.39, 0.29) is 5.91 Å². The maximum Gasteiger partial charge on any atom is 0.237 e. The molecule has 2 saturated carbocycles. The summed E-state index contributed by atoms with van der Waals surface area (Å²) in [5.74, 6) is 1.59. The number of hydrogen-bond donors (Lipinski definition) is 3. The number of amides is 1. The van der Waals surface area contributed by atoms with Crippen LogP contribution in [0.25, 0.3) is 11.0 Å². The first-order chi connectivity index (χ1) is 13.7. The van der Waals surface area contributed by atoms with Gasteiger partial charge in [-0.15, -0.1) is 0 Å². The molecule has 1 amide bonds. The third-order valence-electron chi connectivity index (χ3n) is 7.03. The highest BCUT2D eigenvalue weighted by molar-refractivity contribution is 5.82. The van der Waals surface area contributed by atoms with Crippen LogP contribution in [0.4, 0.5) is 0 Å². The number of pyridine rings is 1. The number of fused-ring (bicyclic) bond motifs is 1. The molecule has 0 spiro atoms. The van der Waals surface area contributed by atoms with Crippen LogP contribution >= 0.6 is 0 Å². The summed E-state index contributed by atoms with van der Waals surface area (Å²) in [4.78, 5) is 20.5. The molecule has 5 nitrogen and oxygen atoms in total. The minimum absolute atomic E-state index is 0.00955. The van der Waals surface area contributed by atoms with Gasteiger partial charge >= 0.3 is 0 Å². The molecule has 2 aromatic rings. The Morgan fingerprint density at radius 3 is 2.39 bits per heavy atom. The molecule has 2 aromatic heterocycles. The lowest BCUT2D eigenvalue weighted by atomic mass is 9.66. The lowest BCUT2D eigenvalue weighted by Gasteiger charge is -2.40. The summed E-state index contributed by atoms with van der Waals surface area (Å²) in [6.45, 7) is 0.489. The highest BCUT2D eigenvalue weighted by atomic mass is 16.2. The van der Waals surface area contributed by atoms with Crippen LogP contribution in [0.5, 0.6) is 0 Å². The highest BCUT2D eigenvalue weighted by Gasteiger charge is 2.38. The minimum atomic E-state index is -0.393. The van der Waals surface area contributed by atoms with Crippen molar-refractivity contribution in [3.05, 3.63) is 30.1 Å². The van der Waals surface area contributed by atoms with Gasteiger partial charge in [0.1, 0.15) is 5.65 Å². The van der Waals surface area contributed by atoms with Gasteiger partial charge in [-0.3, -0.25) is 4.79 Å². The van der Waals surface area contributed by atoms with Gasteiger partial charge in [-0.2, -0.15) is 0 Å². The first-order valence-electron chi connectivity index (χ1n) is 11.2. The van der Waals surface area contributed by atoms with E-state index in [1.54, 1.807) is 0 Å². The standard InChI is InChI=1S/C23H34N4O/c24-21(20(17-7-3-1-4-8-17)18-9-5-2-6-10-18)23(28)27-15-16-13-19-11-12-25-22(19)26-14-16/h11-14,17-18,20-21H,1-10,15,24H2,(H,25,26)(H,27,28)/t21-/m1/s1. The molecule has 2 aliphatic carbocycles. The Bertz CT molecular complexity index is 756. The van der Waals surface area contributed by atoms with E-state index in [0.29, 0.717) is 24.3 Å². The van der Waals surface area contributed by atoms with Crippen molar-refractivity contribution >= 4 is 16.9 Å². The van der Waals surface area contributed by atoms with Gasteiger partial charge in [0.05, 0.1) is 6.04 Å². The number of nitrogens with one attached hydrogen (secondary N) is 2. The lowest BCUT2D eigenvalue weighted by Crippen LogP contribution is -2.50. The van der Waals surface area contributed by atoms with Crippen LogP contribution in [0.15, 0.2) is 24.5 Å². The number of hydrogen-bond acceptors (Lipinski definition) is 3. The molecule has 4 rings (SSSR count). The predicted octanol–water partition coefficient (Wildman–Crippen LogP) is 4.28. The van der Waals surface area contributed by atoms with Gasteiger partial charge in [-0.05, 0) is 35.4 Å². The fourth-order valence-corrected chi connectivity index (χ4v) is 5.57. The van der Waals surface area contributed by atoms with Gasteiger partial charge < -0.3 is 16.0 Å². The molecule has 2 aliphatic rings. The Balaban J connectivity index is 1.42. The molecule has 4 N–H and O–H groups in total. The highest BCUT2D eigenvalue weighted by Crippen LogP contribution is 2.41. The van der Waals surface area contributed by atoms with Crippen molar-refractivity contribution in [2.75, 3.05) is 0 Å².